The summed E-state index contributed by atoms with van der Waals surface area (Å²) in [6.07, 6.45) is 0.819. The Morgan fingerprint density at radius 2 is 1.29 bits per heavy atom. The molecule has 6 nitrogen and oxygen atoms in total. The van der Waals surface area contributed by atoms with E-state index in [1.165, 1.54) is 4.90 Å². The fraction of sp³-hybridized carbons (Fsp3) is 0.229. The molecule has 0 radical (unpaired) electrons. The average molecular weight is 545 g/mol. The van der Waals surface area contributed by atoms with Crippen molar-refractivity contribution >= 4 is 17.9 Å². The highest BCUT2D eigenvalue weighted by atomic mass is 16.5. The number of nitrogens with zero attached hydrogens (tertiary/aromatic N) is 1. The minimum atomic E-state index is -1.24. The molecule has 1 aliphatic heterocycles. The minimum Gasteiger partial charge on any atom is -0.461 e. The topological polar surface area (TPSA) is 75.7 Å². The number of carbonyl (C=O) groups excluding carboxylic acids is 3. The molecule has 6 rings (SSSR count). The largest absolute Gasteiger partial charge is 0.461 e. The van der Waals surface area contributed by atoms with Crippen LogP contribution in [0.2, 0.25) is 0 Å². The monoisotopic (exact) mass is 544 g/mol. The molecule has 1 N–H and O–H groups in total. The third-order valence-corrected chi connectivity index (χ3v) is 8.27. The fourth-order valence-electron chi connectivity index (χ4n) is 6.05. The predicted molar refractivity (Wildman–Crippen MR) is 155 cm³/mol. The zero-order valence-corrected chi connectivity index (χ0v) is 22.7. The van der Waals surface area contributed by atoms with Crippen molar-refractivity contribution in [3.8, 4) is 0 Å². The van der Waals surface area contributed by atoms with Crippen molar-refractivity contribution in [2.45, 2.75) is 37.5 Å². The molecule has 4 aromatic carbocycles. The molecule has 6 heteroatoms. The van der Waals surface area contributed by atoms with E-state index in [1.54, 1.807) is 0 Å². The molecule has 41 heavy (non-hydrogen) atoms. The molecule has 2 aliphatic rings. The van der Waals surface area contributed by atoms with Crippen molar-refractivity contribution in [3.63, 3.8) is 0 Å². The van der Waals surface area contributed by atoms with Gasteiger partial charge in [0, 0.05) is 11.8 Å². The van der Waals surface area contributed by atoms with Crippen LogP contribution in [-0.4, -0.2) is 28.3 Å². The molecule has 1 aliphatic carbocycles. The van der Waals surface area contributed by atoms with E-state index in [4.69, 9.17) is 4.74 Å². The summed E-state index contributed by atoms with van der Waals surface area (Å²) in [4.78, 5) is 42.3. The van der Waals surface area contributed by atoms with Gasteiger partial charge < -0.3 is 10.1 Å². The first-order valence-electron chi connectivity index (χ1n) is 14.0. The van der Waals surface area contributed by atoms with Gasteiger partial charge in [-0.1, -0.05) is 121 Å². The second-order valence-electron chi connectivity index (χ2n) is 10.9. The van der Waals surface area contributed by atoms with E-state index in [0.717, 1.165) is 22.3 Å². The lowest BCUT2D eigenvalue weighted by atomic mass is 9.76. The van der Waals surface area contributed by atoms with Gasteiger partial charge in [-0.25, -0.2) is 4.79 Å². The maximum atomic E-state index is 14.4. The SMILES string of the molecule is O=C(OCc1ccccc1)[C@H]1C[C@@H]1[C@@]1(CC(c2ccccc2)c2ccccc2)NC(=O)N(Cc2ccccc2)C1=O. The van der Waals surface area contributed by atoms with E-state index in [1.807, 2.05) is 121 Å². The van der Waals surface area contributed by atoms with Gasteiger partial charge in [0.05, 0.1) is 12.5 Å². The number of carbonyl (C=O) groups is 3. The zero-order chi connectivity index (χ0) is 28.2. The summed E-state index contributed by atoms with van der Waals surface area (Å²) in [5.74, 6) is -1.62. The Hall–Kier alpha value is -4.71. The van der Waals surface area contributed by atoms with Gasteiger partial charge in [-0.15, -0.1) is 0 Å². The van der Waals surface area contributed by atoms with E-state index in [-0.39, 0.29) is 36.9 Å². The standard InChI is InChI=1S/C35H32N2O4/c38-32(41-24-26-15-7-2-8-16-26)29-21-31(29)35(33(39)37(34(40)36-35)23-25-13-5-1-6-14-25)22-30(27-17-9-3-10-18-27)28-19-11-4-12-20-28/h1-20,29-31H,21-24H2,(H,36,40)/t29-,31-,35+/m0/s1. The lowest BCUT2D eigenvalue weighted by Gasteiger charge is -2.32. The third kappa shape index (κ3) is 5.50. The van der Waals surface area contributed by atoms with E-state index in [0.29, 0.717) is 12.8 Å². The molecular weight excluding hydrogens is 512 g/mol. The lowest BCUT2D eigenvalue weighted by molar-refractivity contribution is -0.147. The number of benzene rings is 4. The Morgan fingerprint density at radius 3 is 1.85 bits per heavy atom. The second kappa shape index (κ2) is 11.4. The third-order valence-electron chi connectivity index (χ3n) is 8.27. The number of hydrogen-bond donors (Lipinski definition) is 1. The fourth-order valence-corrected chi connectivity index (χ4v) is 6.05. The van der Waals surface area contributed by atoms with Gasteiger partial charge in [0.1, 0.15) is 12.1 Å². The summed E-state index contributed by atoms with van der Waals surface area (Å²) >= 11 is 0. The van der Waals surface area contributed by atoms with Gasteiger partial charge in [-0.05, 0) is 35.1 Å². The van der Waals surface area contributed by atoms with Crippen LogP contribution >= 0.6 is 0 Å². The van der Waals surface area contributed by atoms with Crippen LogP contribution in [0.4, 0.5) is 4.79 Å². The van der Waals surface area contributed by atoms with Crippen molar-refractivity contribution in [2.75, 3.05) is 0 Å². The Bertz CT molecular complexity index is 1470. The van der Waals surface area contributed by atoms with Crippen molar-refractivity contribution in [1.29, 1.82) is 0 Å². The first kappa shape index (κ1) is 26.5. The molecule has 206 valence electrons. The number of nitrogens with one attached hydrogen (secondary N) is 1. The van der Waals surface area contributed by atoms with Gasteiger partial charge in [-0.2, -0.15) is 0 Å². The van der Waals surface area contributed by atoms with Gasteiger partial charge in [0.15, 0.2) is 0 Å². The minimum absolute atomic E-state index is 0.167. The number of amides is 3. The summed E-state index contributed by atoms with van der Waals surface area (Å²) in [6.45, 7) is 0.345. The summed E-state index contributed by atoms with van der Waals surface area (Å²) < 4.78 is 5.67. The Labute approximate surface area is 240 Å². The van der Waals surface area contributed by atoms with Crippen LogP contribution < -0.4 is 5.32 Å². The molecular formula is C35H32N2O4. The molecule has 1 heterocycles. The van der Waals surface area contributed by atoms with Crippen LogP contribution in [0.15, 0.2) is 121 Å². The molecule has 1 saturated heterocycles. The van der Waals surface area contributed by atoms with Crippen molar-refractivity contribution in [2.24, 2.45) is 11.8 Å². The number of hydrogen-bond acceptors (Lipinski definition) is 4. The van der Waals surface area contributed by atoms with E-state index >= 15 is 0 Å². The number of urea groups is 1. The summed E-state index contributed by atoms with van der Waals surface area (Å²) in [5, 5.41) is 3.11. The highest BCUT2D eigenvalue weighted by Gasteiger charge is 2.65. The first-order chi connectivity index (χ1) is 20.0. The van der Waals surface area contributed by atoms with Crippen molar-refractivity contribution in [3.05, 3.63) is 144 Å². The second-order valence-corrected chi connectivity index (χ2v) is 10.9. The lowest BCUT2D eigenvalue weighted by Crippen LogP contribution is -2.51. The van der Waals surface area contributed by atoms with Crippen molar-refractivity contribution < 1.29 is 19.1 Å². The van der Waals surface area contributed by atoms with E-state index < -0.39 is 17.5 Å². The van der Waals surface area contributed by atoms with E-state index in [9.17, 15) is 14.4 Å². The number of esters is 1. The smallest absolute Gasteiger partial charge is 0.325 e. The molecule has 0 aromatic heterocycles. The molecule has 0 bridgehead atoms. The van der Waals surface area contributed by atoms with Gasteiger partial charge in [0.2, 0.25) is 0 Å². The Kier molecular flexibility index (Phi) is 7.38. The molecule has 4 aromatic rings. The van der Waals surface area contributed by atoms with Crippen LogP contribution in [0.5, 0.6) is 0 Å². The zero-order valence-electron chi connectivity index (χ0n) is 22.7. The summed E-state index contributed by atoms with van der Waals surface area (Å²) in [7, 11) is 0. The highest BCUT2D eigenvalue weighted by molar-refractivity contribution is 6.08. The predicted octanol–water partition coefficient (Wildman–Crippen LogP) is 6.08. The van der Waals surface area contributed by atoms with Crippen LogP contribution in [0.25, 0.3) is 0 Å². The average Bonchev–Trinajstić information content (AvgIpc) is 3.80. The maximum absolute atomic E-state index is 14.4. The normalized spacial score (nSPS) is 21.5. The first-order valence-corrected chi connectivity index (χ1v) is 14.0. The van der Waals surface area contributed by atoms with Crippen LogP contribution in [0.3, 0.4) is 0 Å². The quantitative estimate of drug-likeness (QED) is 0.194. The molecule has 2 fully saturated rings. The van der Waals surface area contributed by atoms with E-state index in [2.05, 4.69) is 5.32 Å². The van der Waals surface area contributed by atoms with Crippen LogP contribution in [0, 0.1) is 11.8 Å². The number of imide groups is 1. The molecule has 0 unspecified atom stereocenters. The summed E-state index contributed by atoms with van der Waals surface area (Å²) in [5.41, 5.74) is 2.62. The molecule has 3 amide bonds. The van der Waals surface area contributed by atoms with Crippen LogP contribution in [-0.2, 0) is 27.5 Å². The molecule has 1 saturated carbocycles. The van der Waals surface area contributed by atoms with Gasteiger partial charge in [-0.3, -0.25) is 14.5 Å². The highest BCUT2D eigenvalue weighted by Crippen LogP contribution is 2.53. The number of ether oxygens (including phenoxy) is 1. The maximum Gasteiger partial charge on any atom is 0.325 e. The number of rotatable bonds is 10. The van der Waals surface area contributed by atoms with Gasteiger partial charge in [0.25, 0.3) is 5.91 Å². The Balaban J connectivity index is 1.32. The molecule has 0 spiro atoms. The summed E-state index contributed by atoms with van der Waals surface area (Å²) in [6, 6.07) is 38.6. The van der Waals surface area contributed by atoms with Crippen molar-refractivity contribution in [1.82, 2.24) is 10.2 Å². The van der Waals surface area contributed by atoms with Crippen LogP contribution in [0.1, 0.15) is 41.0 Å². The molecule has 3 atom stereocenters. The Morgan fingerprint density at radius 1 is 0.780 bits per heavy atom. The van der Waals surface area contributed by atoms with Gasteiger partial charge >= 0.3 is 12.0 Å².